The highest BCUT2D eigenvalue weighted by atomic mass is 16.3. The number of hydrogen-bond donors (Lipinski definition) is 10. The summed E-state index contributed by atoms with van der Waals surface area (Å²) in [5.41, 5.74) is 19.6. The summed E-state index contributed by atoms with van der Waals surface area (Å²) in [4.78, 5) is 56.9. The van der Waals surface area contributed by atoms with E-state index in [4.69, 9.17) is 17.2 Å². The van der Waals surface area contributed by atoms with E-state index in [2.05, 4.69) is 37.3 Å². The monoisotopic (exact) mass is 617 g/mol. The molecule has 45 heavy (non-hydrogen) atoms. The summed E-state index contributed by atoms with van der Waals surface area (Å²) in [6.45, 7) is -0.822. The summed E-state index contributed by atoms with van der Waals surface area (Å²) in [7, 11) is 0. The molecular weight excluding hydrogens is 578 g/mol. The van der Waals surface area contributed by atoms with Crippen LogP contribution in [0.15, 0.2) is 72.8 Å². The zero-order valence-electron chi connectivity index (χ0n) is 24.6. The van der Waals surface area contributed by atoms with Crippen molar-refractivity contribution in [2.24, 2.45) is 23.1 Å². The average molecular weight is 618 g/mol. The van der Waals surface area contributed by atoms with Gasteiger partial charge in [0.25, 0.3) is 5.91 Å². The summed E-state index contributed by atoms with van der Waals surface area (Å²) >= 11 is 0. The molecule has 0 radical (unpaired) electrons. The lowest BCUT2D eigenvalue weighted by Gasteiger charge is -2.32. The Balaban J connectivity index is 1.48. The highest BCUT2D eigenvalue weighted by Gasteiger charge is 2.37. The number of amides is 4. The first-order valence-electron chi connectivity index (χ1n) is 14.5. The van der Waals surface area contributed by atoms with Gasteiger partial charge >= 0.3 is 5.96 Å². The van der Waals surface area contributed by atoms with E-state index in [9.17, 15) is 24.3 Å². The van der Waals surface area contributed by atoms with E-state index in [1.54, 1.807) is 12.1 Å². The molecule has 14 nitrogen and oxygen atoms in total. The van der Waals surface area contributed by atoms with Crippen LogP contribution in [0, 0.1) is 5.92 Å². The highest BCUT2D eigenvalue weighted by Crippen LogP contribution is 2.33. The fourth-order valence-electron chi connectivity index (χ4n) is 5.10. The van der Waals surface area contributed by atoms with Crippen LogP contribution in [-0.4, -0.2) is 78.2 Å². The zero-order chi connectivity index (χ0) is 32.3. The zero-order valence-corrected chi connectivity index (χ0v) is 24.6. The third kappa shape index (κ3) is 8.54. The Morgan fingerprint density at radius 1 is 0.933 bits per heavy atom. The Bertz CT molecular complexity index is 1530. The van der Waals surface area contributed by atoms with E-state index in [-0.39, 0.29) is 24.3 Å². The summed E-state index contributed by atoms with van der Waals surface area (Å²) in [6.07, 6.45) is 8.57. The Kier molecular flexibility index (Phi) is 11.0. The number of benzene rings is 2. The topological polar surface area (TPSA) is 243 Å². The van der Waals surface area contributed by atoms with E-state index in [0.717, 1.165) is 17.0 Å². The number of aliphatic hydroxyl groups is 1. The molecule has 14 heteroatoms. The first kappa shape index (κ1) is 32.4. The summed E-state index contributed by atoms with van der Waals surface area (Å²) in [6, 6.07) is 12.6. The predicted octanol–water partition coefficient (Wildman–Crippen LogP) is -4.26. The number of nitrogens with two attached hydrogens (primary N) is 3. The van der Waals surface area contributed by atoms with Gasteiger partial charge in [-0.1, -0.05) is 48.6 Å². The molecule has 236 valence electrons. The Morgan fingerprint density at radius 3 is 2.40 bits per heavy atom. The standard InChI is InChI=1S/C31H37N9O5/c32-28(43)24(17-41)40-30(45)23(14-7-15-35-31(33)34)38-25(42)16-36-29(44)21-12-6-11-20-26(37-18-8-2-1-3-9-18)19-10-4-5-13-22(19)39-27(20)21/h1-6,8-13,19,22-24,39,41H,7,14-17H2,(H2,32,43)(H,36,44)(H,38,42)(H,40,45)(H4,33,34,35)/p+2/t19?,22?,23-,24-/m0/s1. The van der Waals surface area contributed by atoms with Gasteiger partial charge in [-0.05, 0) is 25.0 Å². The van der Waals surface area contributed by atoms with Crippen molar-refractivity contribution in [3.8, 4) is 0 Å². The van der Waals surface area contributed by atoms with Crippen LogP contribution in [0.3, 0.4) is 0 Å². The summed E-state index contributed by atoms with van der Waals surface area (Å²) in [5, 5.41) is 20.4. The highest BCUT2D eigenvalue weighted by molar-refractivity contribution is 6.12. The number of carbonyl (C=O) groups excluding carboxylic acids is 4. The van der Waals surface area contributed by atoms with Gasteiger partial charge in [-0.3, -0.25) is 35.6 Å². The number of anilines is 1. The quantitative estimate of drug-likeness (QED) is 0.0598. The molecule has 0 fully saturated rings. The molecule has 0 saturated heterocycles. The predicted molar refractivity (Wildman–Crippen MR) is 168 cm³/mol. The molecule has 1 aliphatic heterocycles. The molecule has 2 aromatic carbocycles. The fraction of sp³-hybridized carbons (Fsp3) is 0.290. The molecule has 1 aliphatic carbocycles. The molecule has 4 atom stereocenters. The van der Waals surface area contributed by atoms with Crippen molar-refractivity contribution in [1.82, 2.24) is 16.0 Å². The number of hydrogen-bond acceptors (Lipinski definition) is 6. The number of allylic oxidation sites excluding steroid dienone is 2. The average Bonchev–Trinajstić information content (AvgIpc) is 3.03. The molecular formula is C31H39N9O5+2. The van der Waals surface area contributed by atoms with Crippen molar-refractivity contribution < 1.29 is 34.3 Å². The van der Waals surface area contributed by atoms with Crippen molar-refractivity contribution in [1.29, 1.82) is 0 Å². The van der Waals surface area contributed by atoms with E-state index >= 15 is 0 Å². The minimum absolute atomic E-state index is 0.00137. The second-order valence-corrected chi connectivity index (χ2v) is 10.6. The number of para-hydroxylation sites is 2. The van der Waals surface area contributed by atoms with Gasteiger partial charge in [0, 0.05) is 12.1 Å². The van der Waals surface area contributed by atoms with Gasteiger partial charge in [0.05, 0.1) is 48.5 Å². The van der Waals surface area contributed by atoms with E-state index in [1.807, 2.05) is 54.6 Å². The Hall–Kier alpha value is -5.50. The van der Waals surface area contributed by atoms with Crippen molar-refractivity contribution in [2.75, 3.05) is 25.0 Å². The maximum atomic E-state index is 13.4. The number of primary amides is 1. The minimum Gasteiger partial charge on any atom is -0.394 e. The van der Waals surface area contributed by atoms with Gasteiger partial charge in [-0.2, -0.15) is 0 Å². The lowest BCUT2D eigenvalue weighted by molar-refractivity contribution is -0.459. The van der Waals surface area contributed by atoms with Gasteiger partial charge < -0.3 is 32.1 Å². The van der Waals surface area contributed by atoms with Gasteiger partial charge in [0.1, 0.15) is 12.1 Å². The first-order valence-corrected chi connectivity index (χ1v) is 14.5. The van der Waals surface area contributed by atoms with Crippen LogP contribution in [0.1, 0.15) is 28.8 Å². The number of rotatable bonds is 13. The first-order chi connectivity index (χ1) is 21.7. The maximum absolute atomic E-state index is 13.4. The second kappa shape index (κ2) is 15.3. The van der Waals surface area contributed by atoms with Gasteiger partial charge in [-0.25, -0.2) is 4.99 Å². The molecule has 0 aromatic heterocycles. The van der Waals surface area contributed by atoms with Crippen LogP contribution in [0.25, 0.3) is 0 Å². The van der Waals surface area contributed by atoms with Crippen molar-refractivity contribution in [2.45, 2.75) is 31.0 Å². The molecule has 2 aliphatic rings. The largest absolute Gasteiger partial charge is 0.394 e. The van der Waals surface area contributed by atoms with Gasteiger partial charge in [-0.15, -0.1) is 0 Å². The Labute approximate surface area is 259 Å². The van der Waals surface area contributed by atoms with Crippen molar-refractivity contribution >= 4 is 46.7 Å². The normalized spacial score (nSPS) is 18.4. The Morgan fingerprint density at radius 2 is 1.69 bits per heavy atom. The van der Waals surface area contributed by atoms with Gasteiger partial charge in [0.2, 0.25) is 23.4 Å². The lowest BCUT2D eigenvalue weighted by Crippen LogP contribution is -2.78. The number of nitrogens with one attached hydrogen (secondary N) is 6. The minimum atomic E-state index is -1.33. The number of fused-ring (bicyclic) bond motifs is 2. The molecule has 0 spiro atoms. The molecule has 0 bridgehead atoms. The number of aliphatic hydroxyl groups excluding tert-OH is 1. The number of guanidine groups is 1. The van der Waals surface area contributed by atoms with Crippen LogP contribution in [0.2, 0.25) is 0 Å². The lowest BCUT2D eigenvalue weighted by atomic mass is 9.81. The molecule has 1 heterocycles. The molecule has 0 saturated carbocycles. The van der Waals surface area contributed by atoms with Crippen LogP contribution in [-0.2, 0) is 14.4 Å². The molecule has 2 aromatic rings. The molecule has 2 unspecified atom stereocenters. The van der Waals surface area contributed by atoms with Crippen molar-refractivity contribution in [3.63, 3.8) is 0 Å². The van der Waals surface area contributed by atoms with Crippen LogP contribution >= 0.6 is 0 Å². The molecule has 13 N–H and O–H groups in total. The third-order valence-electron chi connectivity index (χ3n) is 7.33. The second-order valence-electron chi connectivity index (χ2n) is 10.6. The van der Waals surface area contributed by atoms with E-state index in [1.165, 1.54) is 0 Å². The third-order valence-corrected chi connectivity index (χ3v) is 7.33. The fourth-order valence-corrected chi connectivity index (χ4v) is 5.10. The number of carbonyl (C=O) groups is 4. The summed E-state index contributed by atoms with van der Waals surface area (Å²) < 4.78 is 0. The maximum Gasteiger partial charge on any atom is 0.338 e. The van der Waals surface area contributed by atoms with Crippen molar-refractivity contribution in [3.05, 3.63) is 84.0 Å². The smallest absolute Gasteiger partial charge is 0.338 e. The SMILES string of the molecule is NC(=O)[C@H](CO)NC(=O)[C@H](CCC[NH+]=C(N)N)NC(=O)CNC(=O)c1cccc2c1NC1C=CC=CC1C2=[NH+]c1ccccc1. The van der Waals surface area contributed by atoms with Gasteiger partial charge in [0.15, 0.2) is 5.71 Å². The molecule has 4 rings (SSSR count). The van der Waals surface area contributed by atoms with E-state index in [0.29, 0.717) is 24.2 Å². The van der Waals surface area contributed by atoms with Crippen LogP contribution in [0.5, 0.6) is 0 Å². The molecule has 4 amide bonds. The van der Waals surface area contributed by atoms with Crippen LogP contribution in [0.4, 0.5) is 11.4 Å². The summed E-state index contributed by atoms with van der Waals surface area (Å²) in [5.74, 6) is -2.78. The van der Waals surface area contributed by atoms with Crippen LogP contribution < -0.4 is 48.5 Å². The van der Waals surface area contributed by atoms with E-state index < -0.39 is 48.9 Å².